The van der Waals surface area contributed by atoms with Crippen LogP contribution >= 0.6 is 0 Å². The van der Waals surface area contributed by atoms with Gasteiger partial charge < -0.3 is 9.94 Å². The number of oxime groups is 1. The first kappa shape index (κ1) is 12.4. The van der Waals surface area contributed by atoms with E-state index >= 15 is 0 Å². The molecule has 0 spiro atoms. The predicted molar refractivity (Wildman–Crippen MR) is 74.5 cm³/mol. The minimum absolute atomic E-state index is 0.0463. The number of carboxylic acids is 1. The van der Waals surface area contributed by atoms with Gasteiger partial charge in [0.25, 0.3) is 0 Å². The van der Waals surface area contributed by atoms with Crippen molar-refractivity contribution in [2.24, 2.45) is 5.16 Å². The average Bonchev–Trinajstić information content (AvgIpc) is 2.94. The van der Waals surface area contributed by atoms with Crippen LogP contribution in [-0.2, 0) is 9.63 Å². The van der Waals surface area contributed by atoms with Gasteiger partial charge in [0, 0.05) is 0 Å². The first-order valence-corrected chi connectivity index (χ1v) is 6.34. The quantitative estimate of drug-likeness (QED) is 0.930. The zero-order valence-electron chi connectivity index (χ0n) is 10.6. The predicted octanol–water partition coefficient (Wildman–Crippen LogP) is 2.98. The molecule has 2 atom stereocenters. The van der Waals surface area contributed by atoms with Crippen molar-refractivity contribution in [1.29, 1.82) is 0 Å². The molecule has 0 aromatic heterocycles. The molecule has 2 aromatic carbocycles. The van der Waals surface area contributed by atoms with E-state index in [0.717, 1.165) is 11.1 Å². The number of carboxylic acid groups (broad SMARTS) is 1. The first-order chi connectivity index (χ1) is 9.77. The van der Waals surface area contributed by atoms with Gasteiger partial charge >= 0.3 is 5.97 Å². The normalized spacial score (nSPS) is 21.1. The molecule has 1 aliphatic heterocycles. The van der Waals surface area contributed by atoms with Crippen LogP contribution in [0.5, 0.6) is 0 Å². The van der Waals surface area contributed by atoms with Crippen molar-refractivity contribution in [1.82, 2.24) is 0 Å². The molecule has 0 aliphatic carbocycles. The molecule has 1 heterocycles. The molecule has 20 heavy (non-hydrogen) atoms. The van der Waals surface area contributed by atoms with Crippen LogP contribution in [0, 0.1) is 0 Å². The van der Waals surface area contributed by atoms with Crippen LogP contribution in [-0.4, -0.2) is 16.8 Å². The second kappa shape index (κ2) is 5.17. The fraction of sp³-hybridized carbons (Fsp3) is 0.125. The van der Waals surface area contributed by atoms with Gasteiger partial charge in [-0.25, -0.2) is 4.79 Å². The molecule has 0 saturated heterocycles. The zero-order valence-corrected chi connectivity index (χ0v) is 10.6. The maximum atomic E-state index is 11.4. The van der Waals surface area contributed by atoms with Crippen molar-refractivity contribution >= 4 is 11.7 Å². The molecule has 2 aromatic rings. The van der Waals surface area contributed by atoms with Crippen LogP contribution in [0.4, 0.5) is 0 Å². The molecule has 0 amide bonds. The summed E-state index contributed by atoms with van der Waals surface area (Å²) in [6.07, 6.45) is -0.398. The highest BCUT2D eigenvalue weighted by Gasteiger charge is 2.40. The lowest BCUT2D eigenvalue weighted by atomic mass is 9.86. The summed E-state index contributed by atoms with van der Waals surface area (Å²) in [6.45, 7) is 0. The summed E-state index contributed by atoms with van der Waals surface area (Å²) in [7, 11) is 0. The van der Waals surface area contributed by atoms with E-state index in [1.807, 2.05) is 60.7 Å². The SMILES string of the molecule is O=C(O)C1=NOC(c2ccccc2)C1c1ccccc1. The lowest BCUT2D eigenvalue weighted by Crippen LogP contribution is -2.22. The number of hydrogen-bond acceptors (Lipinski definition) is 3. The Balaban J connectivity index is 2.03. The van der Waals surface area contributed by atoms with Gasteiger partial charge in [-0.2, -0.15) is 0 Å². The van der Waals surface area contributed by atoms with Crippen molar-refractivity contribution in [2.75, 3.05) is 0 Å². The lowest BCUT2D eigenvalue weighted by molar-refractivity contribution is -0.129. The number of benzene rings is 2. The number of nitrogens with zero attached hydrogens (tertiary/aromatic N) is 1. The Bertz CT molecular complexity index is 637. The average molecular weight is 267 g/mol. The maximum absolute atomic E-state index is 11.4. The van der Waals surface area contributed by atoms with Gasteiger partial charge in [-0.3, -0.25) is 0 Å². The standard InChI is InChI=1S/C16H13NO3/c18-16(19)14-13(11-7-3-1-4-8-11)15(20-17-14)12-9-5-2-6-10-12/h1-10,13,15H,(H,18,19). The Kier molecular flexibility index (Phi) is 3.21. The fourth-order valence-corrected chi connectivity index (χ4v) is 2.44. The van der Waals surface area contributed by atoms with E-state index in [4.69, 9.17) is 4.84 Å². The van der Waals surface area contributed by atoms with Crippen LogP contribution in [0.15, 0.2) is 65.8 Å². The van der Waals surface area contributed by atoms with E-state index in [9.17, 15) is 9.90 Å². The van der Waals surface area contributed by atoms with Gasteiger partial charge in [-0.15, -0.1) is 0 Å². The van der Waals surface area contributed by atoms with E-state index in [2.05, 4.69) is 5.16 Å². The molecule has 4 nitrogen and oxygen atoms in total. The summed E-state index contributed by atoms with van der Waals surface area (Å²) in [5.41, 5.74) is 1.85. The summed E-state index contributed by atoms with van der Waals surface area (Å²) >= 11 is 0. The fourth-order valence-electron chi connectivity index (χ4n) is 2.44. The smallest absolute Gasteiger partial charge is 0.354 e. The lowest BCUT2D eigenvalue weighted by Gasteiger charge is -2.18. The highest BCUT2D eigenvalue weighted by molar-refractivity contribution is 6.38. The molecule has 3 rings (SSSR count). The largest absolute Gasteiger partial charge is 0.477 e. The minimum atomic E-state index is -1.04. The highest BCUT2D eigenvalue weighted by atomic mass is 16.6. The molecule has 100 valence electrons. The van der Waals surface area contributed by atoms with Crippen molar-refractivity contribution < 1.29 is 14.7 Å². The topological polar surface area (TPSA) is 58.9 Å². The second-order valence-electron chi connectivity index (χ2n) is 4.61. The Morgan fingerprint density at radius 2 is 1.50 bits per heavy atom. The molecule has 1 N–H and O–H groups in total. The molecule has 0 radical (unpaired) electrons. The van der Waals surface area contributed by atoms with Gasteiger partial charge in [0.1, 0.15) is 0 Å². The van der Waals surface area contributed by atoms with Crippen molar-refractivity contribution in [3.63, 3.8) is 0 Å². The third-order valence-corrected chi connectivity index (χ3v) is 3.37. The van der Waals surface area contributed by atoms with Crippen molar-refractivity contribution in [3.05, 3.63) is 71.8 Å². The molecule has 0 saturated carbocycles. The second-order valence-corrected chi connectivity index (χ2v) is 4.61. The monoisotopic (exact) mass is 267 g/mol. The van der Waals surface area contributed by atoms with E-state index in [1.54, 1.807) is 0 Å². The van der Waals surface area contributed by atoms with Crippen LogP contribution in [0.25, 0.3) is 0 Å². The molecular weight excluding hydrogens is 254 g/mol. The van der Waals surface area contributed by atoms with Crippen LogP contribution in [0.3, 0.4) is 0 Å². The Morgan fingerprint density at radius 1 is 0.950 bits per heavy atom. The van der Waals surface area contributed by atoms with Crippen LogP contribution < -0.4 is 0 Å². The third kappa shape index (κ3) is 2.16. The van der Waals surface area contributed by atoms with E-state index in [1.165, 1.54) is 0 Å². The molecule has 0 fully saturated rings. The molecule has 1 aliphatic rings. The van der Waals surface area contributed by atoms with Gasteiger partial charge in [-0.05, 0) is 11.1 Å². The van der Waals surface area contributed by atoms with E-state index in [-0.39, 0.29) is 5.71 Å². The summed E-state index contributed by atoms with van der Waals surface area (Å²) in [5, 5.41) is 13.1. The summed E-state index contributed by atoms with van der Waals surface area (Å²) in [6, 6.07) is 19.0. The third-order valence-electron chi connectivity index (χ3n) is 3.37. The minimum Gasteiger partial charge on any atom is -0.477 e. The number of carbonyl (C=O) groups is 1. The summed E-state index contributed by atoms with van der Waals surface area (Å²) < 4.78 is 0. The number of aliphatic carboxylic acids is 1. The van der Waals surface area contributed by atoms with E-state index in [0.29, 0.717) is 0 Å². The van der Waals surface area contributed by atoms with Crippen LogP contribution in [0.1, 0.15) is 23.1 Å². The summed E-state index contributed by atoms with van der Waals surface area (Å²) in [5.74, 6) is -1.44. The van der Waals surface area contributed by atoms with Crippen molar-refractivity contribution in [3.8, 4) is 0 Å². The Hall–Kier alpha value is -2.62. The van der Waals surface area contributed by atoms with Gasteiger partial charge in [0.05, 0.1) is 5.92 Å². The Morgan fingerprint density at radius 3 is 2.05 bits per heavy atom. The maximum Gasteiger partial charge on any atom is 0.354 e. The summed E-state index contributed by atoms with van der Waals surface area (Å²) in [4.78, 5) is 16.7. The Labute approximate surface area is 116 Å². The van der Waals surface area contributed by atoms with Gasteiger partial charge in [-0.1, -0.05) is 65.8 Å². The molecular formula is C16H13NO3. The number of rotatable bonds is 3. The van der Waals surface area contributed by atoms with Crippen LogP contribution in [0.2, 0.25) is 0 Å². The molecule has 0 bridgehead atoms. The van der Waals surface area contributed by atoms with Crippen molar-refractivity contribution in [2.45, 2.75) is 12.0 Å². The zero-order chi connectivity index (χ0) is 13.9. The number of hydrogen-bond donors (Lipinski definition) is 1. The van der Waals surface area contributed by atoms with Gasteiger partial charge in [0.2, 0.25) is 0 Å². The molecule has 4 heteroatoms. The van der Waals surface area contributed by atoms with E-state index < -0.39 is 18.0 Å². The molecule has 2 unspecified atom stereocenters. The highest BCUT2D eigenvalue weighted by Crippen LogP contribution is 2.39. The first-order valence-electron chi connectivity index (χ1n) is 6.34. The van der Waals surface area contributed by atoms with Gasteiger partial charge in [0.15, 0.2) is 11.8 Å².